The third-order valence-corrected chi connectivity index (χ3v) is 4.20. The summed E-state index contributed by atoms with van der Waals surface area (Å²) in [5, 5.41) is 3.48. The van der Waals surface area contributed by atoms with E-state index in [1.54, 1.807) is 37.5 Å². The monoisotopic (exact) mass is 395 g/mol. The number of halogens is 2. The predicted octanol–water partition coefficient (Wildman–Crippen LogP) is 3.56. The van der Waals surface area contributed by atoms with Crippen molar-refractivity contribution < 1.29 is 14.3 Å². The van der Waals surface area contributed by atoms with Gasteiger partial charge in [-0.3, -0.25) is 9.59 Å². The number of nitrogens with one attached hydrogen (secondary N) is 1. The Morgan fingerprint density at radius 1 is 1.19 bits per heavy atom. The van der Waals surface area contributed by atoms with Gasteiger partial charge in [-0.15, -0.1) is 0 Å². The normalized spacial score (nSPS) is 10.3. The first-order valence-electron chi connectivity index (χ1n) is 7.89. The molecular weight excluding hydrogens is 377 g/mol. The highest BCUT2D eigenvalue weighted by molar-refractivity contribution is 6.42. The van der Waals surface area contributed by atoms with Gasteiger partial charge in [0.25, 0.3) is 0 Å². The summed E-state index contributed by atoms with van der Waals surface area (Å²) in [6, 6.07) is 8.46. The number of carbonyl (C=O) groups excluding carboxylic acids is 2. The second kappa shape index (κ2) is 9.40. The second-order valence-electron chi connectivity index (χ2n) is 5.69. The fourth-order valence-electron chi connectivity index (χ4n) is 2.10. The number of carbonyl (C=O) groups is 2. The number of ether oxygens (including phenoxy) is 1. The van der Waals surface area contributed by atoms with Crippen LogP contribution in [0.5, 0.6) is 5.75 Å². The van der Waals surface area contributed by atoms with E-state index in [4.69, 9.17) is 27.9 Å². The average molecular weight is 396 g/mol. The molecule has 0 spiro atoms. The van der Waals surface area contributed by atoms with E-state index in [0.29, 0.717) is 21.6 Å². The summed E-state index contributed by atoms with van der Waals surface area (Å²) >= 11 is 11.7. The van der Waals surface area contributed by atoms with E-state index in [1.165, 1.54) is 4.90 Å². The maximum absolute atomic E-state index is 12.1. The van der Waals surface area contributed by atoms with Gasteiger partial charge in [-0.05, 0) is 36.8 Å². The Morgan fingerprint density at radius 2 is 1.96 bits per heavy atom. The molecule has 0 saturated carbocycles. The van der Waals surface area contributed by atoms with Gasteiger partial charge in [0, 0.05) is 19.3 Å². The minimum absolute atomic E-state index is 0.0682. The van der Waals surface area contributed by atoms with Crippen molar-refractivity contribution in [3.63, 3.8) is 0 Å². The van der Waals surface area contributed by atoms with Crippen LogP contribution in [0.4, 0.5) is 5.82 Å². The Morgan fingerprint density at radius 3 is 2.65 bits per heavy atom. The van der Waals surface area contributed by atoms with Crippen molar-refractivity contribution in [1.29, 1.82) is 0 Å². The molecule has 0 bridgehead atoms. The highest BCUT2D eigenvalue weighted by atomic mass is 35.5. The van der Waals surface area contributed by atoms with Gasteiger partial charge in [0.1, 0.15) is 11.6 Å². The number of likely N-dealkylation sites (N-methyl/N-ethyl adjacent to an activating group) is 1. The average Bonchev–Trinajstić information content (AvgIpc) is 2.57. The van der Waals surface area contributed by atoms with Crippen molar-refractivity contribution >= 4 is 40.8 Å². The van der Waals surface area contributed by atoms with Crippen LogP contribution in [-0.4, -0.2) is 41.9 Å². The molecule has 0 unspecified atom stereocenters. The topological polar surface area (TPSA) is 71.5 Å². The molecule has 1 N–H and O–H groups in total. The predicted molar refractivity (Wildman–Crippen MR) is 102 cm³/mol. The number of hydrogen-bond acceptors (Lipinski definition) is 4. The summed E-state index contributed by atoms with van der Waals surface area (Å²) < 4.78 is 5.48. The molecule has 1 aromatic carbocycles. The molecule has 1 aromatic heterocycles. The summed E-state index contributed by atoms with van der Waals surface area (Å²) in [6.07, 6.45) is 1.74. The van der Waals surface area contributed by atoms with Gasteiger partial charge >= 0.3 is 0 Å². The van der Waals surface area contributed by atoms with E-state index < -0.39 is 0 Å². The van der Waals surface area contributed by atoms with Crippen molar-refractivity contribution in [3.05, 3.63) is 52.1 Å². The number of aryl methyl sites for hydroxylation is 1. The standard InChI is InChI=1S/C18H19Cl2N3O3/c1-12-5-7-21-16(9-12)22-17(24)11-23(2)18(25)6-8-26-13-3-4-14(19)15(20)10-13/h3-5,7,9-10H,6,8,11H2,1-2H3,(H,21,22,24). The van der Waals surface area contributed by atoms with Crippen LogP contribution in [0.15, 0.2) is 36.5 Å². The fourth-order valence-corrected chi connectivity index (χ4v) is 2.39. The first-order valence-corrected chi connectivity index (χ1v) is 8.65. The molecule has 0 aliphatic heterocycles. The lowest BCUT2D eigenvalue weighted by atomic mass is 10.3. The smallest absolute Gasteiger partial charge is 0.245 e. The largest absolute Gasteiger partial charge is 0.493 e. The molecule has 2 amide bonds. The number of benzene rings is 1. The Kier molecular flexibility index (Phi) is 7.24. The minimum Gasteiger partial charge on any atom is -0.493 e. The zero-order valence-electron chi connectivity index (χ0n) is 14.5. The highest BCUT2D eigenvalue weighted by Gasteiger charge is 2.13. The van der Waals surface area contributed by atoms with E-state index in [-0.39, 0.29) is 31.4 Å². The van der Waals surface area contributed by atoms with Crippen LogP contribution in [0.25, 0.3) is 0 Å². The first-order chi connectivity index (χ1) is 12.3. The quantitative estimate of drug-likeness (QED) is 0.777. The van der Waals surface area contributed by atoms with Crippen LogP contribution in [-0.2, 0) is 9.59 Å². The molecule has 0 atom stereocenters. The number of anilines is 1. The van der Waals surface area contributed by atoms with Gasteiger partial charge in [-0.1, -0.05) is 23.2 Å². The summed E-state index contributed by atoms with van der Waals surface area (Å²) in [7, 11) is 1.56. The minimum atomic E-state index is -0.315. The Balaban J connectivity index is 1.76. The maximum Gasteiger partial charge on any atom is 0.245 e. The van der Waals surface area contributed by atoms with Crippen LogP contribution in [0.1, 0.15) is 12.0 Å². The zero-order chi connectivity index (χ0) is 19.1. The number of amides is 2. The molecule has 26 heavy (non-hydrogen) atoms. The molecule has 0 fully saturated rings. The molecule has 2 aromatic rings. The summed E-state index contributed by atoms with van der Waals surface area (Å²) in [4.78, 5) is 29.5. The lowest BCUT2D eigenvalue weighted by Crippen LogP contribution is -2.35. The second-order valence-corrected chi connectivity index (χ2v) is 6.51. The number of nitrogens with zero attached hydrogens (tertiary/aromatic N) is 2. The lowest BCUT2D eigenvalue weighted by Gasteiger charge is -2.17. The molecule has 1 heterocycles. The van der Waals surface area contributed by atoms with Gasteiger partial charge in [0.15, 0.2) is 0 Å². The summed E-state index contributed by atoms with van der Waals surface area (Å²) in [6.45, 7) is 2.00. The molecular formula is C18H19Cl2N3O3. The van der Waals surface area contributed by atoms with Crippen molar-refractivity contribution in [2.45, 2.75) is 13.3 Å². The highest BCUT2D eigenvalue weighted by Crippen LogP contribution is 2.26. The van der Waals surface area contributed by atoms with Gasteiger partial charge in [-0.25, -0.2) is 4.98 Å². The number of aromatic nitrogens is 1. The van der Waals surface area contributed by atoms with Crippen LogP contribution in [0.3, 0.4) is 0 Å². The van der Waals surface area contributed by atoms with Gasteiger partial charge in [0.2, 0.25) is 11.8 Å². The van der Waals surface area contributed by atoms with Crippen LogP contribution in [0.2, 0.25) is 10.0 Å². The molecule has 2 rings (SSSR count). The maximum atomic E-state index is 12.1. The Bertz CT molecular complexity index is 799. The lowest BCUT2D eigenvalue weighted by molar-refractivity contribution is -0.133. The third-order valence-electron chi connectivity index (χ3n) is 3.47. The Hall–Kier alpha value is -2.31. The zero-order valence-corrected chi connectivity index (χ0v) is 16.0. The van der Waals surface area contributed by atoms with Crippen LogP contribution >= 0.6 is 23.2 Å². The van der Waals surface area contributed by atoms with Gasteiger partial charge in [-0.2, -0.15) is 0 Å². The van der Waals surface area contributed by atoms with Crippen LogP contribution in [0, 0.1) is 6.92 Å². The number of pyridine rings is 1. The fraction of sp³-hybridized carbons (Fsp3) is 0.278. The van der Waals surface area contributed by atoms with Crippen LogP contribution < -0.4 is 10.1 Å². The number of hydrogen-bond donors (Lipinski definition) is 1. The van der Waals surface area contributed by atoms with Gasteiger partial charge < -0.3 is 15.0 Å². The van der Waals surface area contributed by atoms with Crippen molar-refractivity contribution in [1.82, 2.24) is 9.88 Å². The van der Waals surface area contributed by atoms with Crippen molar-refractivity contribution in [3.8, 4) is 5.75 Å². The van der Waals surface area contributed by atoms with E-state index in [9.17, 15) is 9.59 Å². The SMILES string of the molecule is Cc1ccnc(NC(=O)CN(C)C(=O)CCOc2ccc(Cl)c(Cl)c2)c1. The van der Waals surface area contributed by atoms with Crippen molar-refractivity contribution in [2.75, 3.05) is 25.5 Å². The Labute approximate surface area is 162 Å². The molecule has 0 aliphatic carbocycles. The summed E-state index contributed by atoms with van der Waals surface area (Å²) in [5.41, 5.74) is 0.985. The molecule has 8 heteroatoms. The van der Waals surface area contributed by atoms with E-state index >= 15 is 0 Å². The molecule has 0 saturated heterocycles. The summed E-state index contributed by atoms with van der Waals surface area (Å²) in [5.74, 6) is 0.457. The van der Waals surface area contributed by atoms with E-state index in [1.807, 2.05) is 13.0 Å². The third kappa shape index (κ3) is 6.20. The van der Waals surface area contributed by atoms with E-state index in [2.05, 4.69) is 10.3 Å². The molecule has 6 nitrogen and oxygen atoms in total. The van der Waals surface area contributed by atoms with Crippen molar-refractivity contribution in [2.24, 2.45) is 0 Å². The van der Waals surface area contributed by atoms with E-state index in [0.717, 1.165) is 5.56 Å². The number of rotatable bonds is 7. The molecule has 0 aliphatic rings. The molecule has 138 valence electrons. The molecule has 0 radical (unpaired) electrons. The first kappa shape index (κ1) is 20.0. The van der Waals surface area contributed by atoms with Gasteiger partial charge in [0.05, 0.1) is 29.6 Å².